The molecule has 0 aliphatic heterocycles. The molecule has 4 heteroatoms. The van der Waals surface area contributed by atoms with Gasteiger partial charge in [0.15, 0.2) is 0 Å². The van der Waals surface area contributed by atoms with Crippen LogP contribution in [-0.2, 0) is 0 Å². The molecule has 3 nitrogen and oxygen atoms in total. The summed E-state index contributed by atoms with van der Waals surface area (Å²) in [5, 5.41) is 10.4. The van der Waals surface area contributed by atoms with E-state index >= 15 is 0 Å². The molecule has 90 valence electrons. The van der Waals surface area contributed by atoms with Gasteiger partial charge in [-0.15, -0.1) is 11.3 Å². The van der Waals surface area contributed by atoms with E-state index in [0.29, 0.717) is 5.75 Å². The van der Waals surface area contributed by atoms with Crippen molar-refractivity contribution in [2.24, 2.45) is 0 Å². The van der Waals surface area contributed by atoms with Crippen LogP contribution in [0.5, 0.6) is 5.75 Å². The third kappa shape index (κ3) is 3.37. The number of rotatable bonds is 3. The molecule has 0 aliphatic carbocycles. The maximum absolute atomic E-state index is 10.7. The van der Waals surface area contributed by atoms with E-state index in [-0.39, 0.29) is 11.5 Å². The molecule has 0 atom stereocenters. The number of carboxylic acids is 1. The van der Waals surface area contributed by atoms with Crippen molar-refractivity contribution in [3.63, 3.8) is 0 Å². The monoisotopic (exact) mass is 258 g/mol. The minimum absolute atomic E-state index is 0.241. The van der Waals surface area contributed by atoms with Crippen molar-refractivity contribution in [3.8, 4) is 17.6 Å². The van der Waals surface area contributed by atoms with E-state index in [4.69, 9.17) is 9.84 Å². The summed E-state index contributed by atoms with van der Waals surface area (Å²) in [5.41, 5.74) is 0.928. The second-order valence-electron chi connectivity index (χ2n) is 3.41. The van der Waals surface area contributed by atoms with Crippen LogP contribution in [0.2, 0.25) is 0 Å². The number of hydrogen-bond acceptors (Lipinski definition) is 3. The van der Waals surface area contributed by atoms with Crippen molar-refractivity contribution in [3.05, 3.63) is 52.2 Å². The summed E-state index contributed by atoms with van der Waals surface area (Å²) in [7, 11) is 0. The molecular formula is C14H10O3S. The number of thiophene rings is 1. The van der Waals surface area contributed by atoms with Crippen LogP contribution in [0.3, 0.4) is 0 Å². The van der Waals surface area contributed by atoms with E-state index in [1.807, 2.05) is 30.3 Å². The van der Waals surface area contributed by atoms with Crippen LogP contribution in [-0.4, -0.2) is 17.7 Å². The summed E-state index contributed by atoms with van der Waals surface area (Å²) in [4.78, 5) is 10.9. The normalized spacial score (nSPS) is 9.33. The standard InChI is InChI=1S/C14H10O3S/c15-14(16)13-9-12(10-18-13)17-8-4-7-11-5-2-1-3-6-11/h1-3,5-6,9-10H,8H2,(H,15,16). The molecule has 0 fully saturated rings. The quantitative estimate of drug-likeness (QED) is 0.861. The number of aromatic carboxylic acids is 1. The van der Waals surface area contributed by atoms with Crippen LogP contribution in [0, 0.1) is 11.8 Å². The Kier molecular flexibility index (Phi) is 4.00. The molecule has 2 rings (SSSR count). The van der Waals surface area contributed by atoms with Crippen LogP contribution < -0.4 is 4.74 Å². The first-order valence-corrected chi connectivity index (χ1v) is 6.12. The summed E-state index contributed by atoms with van der Waals surface area (Å²) in [6, 6.07) is 11.1. The zero-order valence-electron chi connectivity index (χ0n) is 9.42. The van der Waals surface area contributed by atoms with Gasteiger partial charge in [0.2, 0.25) is 0 Å². The lowest BCUT2D eigenvalue weighted by Crippen LogP contribution is -1.93. The second kappa shape index (κ2) is 5.89. The van der Waals surface area contributed by atoms with Gasteiger partial charge >= 0.3 is 5.97 Å². The molecule has 0 saturated carbocycles. The van der Waals surface area contributed by atoms with Crippen LogP contribution >= 0.6 is 11.3 Å². The largest absolute Gasteiger partial charge is 0.480 e. The molecular weight excluding hydrogens is 248 g/mol. The Balaban J connectivity index is 1.89. The molecule has 1 heterocycles. The van der Waals surface area contributed by atoms with Gasteiger partial charge in [0.25, 0.3) is 0 Å². The summed E-state index contributed by atoms with van der Waals surface area (Å²) < 4.78 is 5.33. The van der Waals surface area contributed by atoms with Gasteiger partial charge in [-0.2, -0.15) is 0 Å². The van der Waals surface area contributed by atoms with Crippen LogP contribution in [0.25, 0.3) is 0 Å². The Hall–Kier alpha value is -2.25. The summed E-state index contributed by atoms with van der Waals surface area (Å²) >= 11 is 1.14. The molecule has 0 spiro atoms. The maximum Gasteiger partial charge on any atom is 0.346 e. The molecule has 0 radical (unpaired) electrons. The number of carbonyl (C=O) groups is 1. The van der Waals surface area contributed by atoms with Gasteiger partial charge in [-0.25, -0.2) is 4.79 Å². The molecule has 1 aromatic carbocycles. The Morgan fingerprint density at radius 2 is 2.11 bits per heavy atom. The molecule has 0 aliphatic rings. The fourth-order valence-electron chi connectivity index (χ4n) is 1.29. The van der Waals surface area contributed by atoms with E-state index in [1.165, 1.54) is 6.07 Å². The molecule has 18 heavy (non-hydrogen) atoms. The Morgan fingerprint density at radius 3 is 2.78 bits per heavy atom. The van der Waals surface area contributed by atoms with Crippen molar-refractivity contribution in [1.29, 1.82) is 0 Å². The van der Waals surface area contributed by atoms with Crippen LogP contribution in [0.1, 0.15) is 15.2 Å². The average molecular weight is 258 g/mol. The zero-order chi connectivity index (χ0) is 12.8. The van der Waals surface area contributed by atoms with Crippen molar-refractivity contribution >= 4 is 17.3 Å². The van der Waals surface area contributed by atoms with E-state index in [0.717, 1.165) is 16.9 Å². The predicted molar refractivity (Wildman–Crippen MR) is 70.1 cm³/mol. The van der Waals surface area contributed by atoms with Gasteiger partial charge < -0.3 is 9.84 Å². The third-order valence-corrected chi connectivity index (χ3v) is 3.00. The minimum Gasteiger partial charge on any atom is -0.480 e. The van der Waals surface area contributed by atoms with Gasteiger partial charge in [0, 0.05) is 17.0 Å². The first-order chi connectivity index (χ1) is 8.75. The first-order valence-electron chi connectivity index (χ1n) is 5.24. The number of ether oxygens (including phenoxy) is 1. The summed E-state index contributed by atoms with van der Waals surface area (Å²) in [6.07, 6.45) is 0. The lowest BCUT2D eigenvalue weighted by molar-refractivity contribution is 0.0702. The lowest BCUT2D eigenvalue weighted by Gasteiger charge is -1.95. The van der Waals surface area contributed by atoms with Crippen molar-refractivity contribution in [2.45, 2.75) is 0 Å². The molecule has 1 N–H and O–H groups in total. The Labute approximate surface area is 109 Å². The summed E-state index contributed by atoms with van der Waals surface area (Å²) in [5.74, 6) is 5.43. The molecule has 0 unspecified atom stereocenters. The van der Waals surface area contributed by atoms with Gasteiger partial charge in [-0.3, -0.25) is 0 Å². The summed E-state index contributed by atoms with van der Waals surface area (Å²) in [6.45, 7) is 0.241. The SMILES string of the molecule is O=C(O)c1cc(OCC#Cc2ccccc2)cs1. The number of benzene rings is 1. The highest BCUT2D eigenvalue weighted by Crippen LogP contribution is 2.21. The van der Waals surface area contributed by atoms with Crippen LogP contribution in [0.15, 0.2) is 41.8 Å². The van der Waals surface area contributed by atoms with Crippen molar-refractivity contribution in [1.82, 2.24) is 0 Å². The zero-order valence-corrected chi connectivity index (χ0v) is 10.2. The van der Waals surface area contributed by atoms with Gasteiger partial charge in [0.1, 0.15) is 17.2 Å². The number of hydrogen-bond donors (Lipinski definition) is 1. The van der Waals surface area contributed by atoms with E-state index < -0.39 is 5.97 Å². The Bertz CT molecular complexity index is 590. The maximum atomic E-state index is 10.7. The minimum atomic E-state index is -0.940. The third-order valence-electron chi connectivity index (χ3n) is 2.10. The fourth-order valence-corrected chi connectivity index (χ4v) is 1.95. The van der Waals surface area contributed by atoms with E-state index in [9.17, 15) is 4.79 Å². The van der Waals surface area contributed by atoms with Crippen molar-refractivity contribution < 1.29 is 14.6 Å². The van der Waals surface area contributed by atoms with E-state index in [1.54, 1.807) is 5.38 Å². The fraction of sp³-hybridized carbons (Fsp3) is 0.0714. The molecule has 1 aromatic heterocycles. The molecule has 0 amide bonds. The van der Waals surface area contributed by atoms with Gasteiger partial charge in [-0.1, -0.05) is 30.0 Å². The average Bonchev–Trinajstić information content (AvgIpc) is 2.85. The Morgan fingerprint density at radius 1 is 1.33 bits per heavy atom. The topological polar surface area (TPSA) is 46.5 Å². The highest BCUT2D eigenvalue weighted by atomic mass is 32.1. The van der Waals surface area contributed by atoms with Gasteiger partial charge in [0.05, 0.1) is 0 Å². The highest BCUT2D eigenvalue weighted by molar-refractivity contribution is 7.12. The van der Waals surface area contributed by atoms with Crippen LogP contribution in [0.4, 0.5) is 0 Å². The smallest absolute Gasteiger partial charge is 0.346 e. The van der Waals surface area contributed by atoms with Gasteiger partial charge in [-0.05, 0) is 12.1 Å². The predicted octanol–water partition coefficient (Wildman–Crippen LogP) is 2.88. The molecule has 2 aromatic rings. The molecule has 0 saturated heterocycles. The lowest BCUT2D eigenvalue weighted by atomic mass is 10.2. The molecule has 0 bridgehead atoms. The van der Waals surface area contributed by atoms with Crippen molar-refractivity contribution in [2.75, 3.05) is 6.61 Å². The second-order valence-corrected chi connectivity index (χ2v) is 4.32. The first kappa shape index (κ1) is 12.2. The highest BCUT2D eigenvalue weighted by Gasteiger charge is 2.06. The number of carboxylic acid groups (broad SMARTS) is 1. The van der Waals surface area contributed by atoms with E-state index in [2.05, 4.69) is 11.8 Å².